The molecule has 1 saturated carbocycles. The van der Waals surface area contributed by atoms with Gasteiger partial charge in [0.15, 0.2) is 0 Å². The van der Waals surface area contributed by atoms with Crippen LogP contribution in [0.2, 0.25) is 0 Å². The molecule has 166 valence electrons. The number of nitrogens with two attached hydrogens (primary N) is 1. The Morgan fingerprint density at radius 3 is 2.68 bits per heavy atom. The molecule has 2 heterocycles. The van der Waals surface area contributed by atoms with Crippen LogP contribution in [-0.2, 0) is 9.59 Å². The molecule has 0 spiro atoms. The number of primary amides is 1. The van der Waals surface area contributed by atoms with Crippen molar-refractivity contribution < 1.29 is 19.2 Å². The standard InChI is InChI=1S/C23H30N4O4/c1-2-26-13-16(9-10-18(26)28)23(31)27-11-4-3-8-17-19(20(17)27)25-22(30)15-7-5-6-14(12-15)21(24)29/h5-7,12,16-17,19-20H,2-4,8-11,13H2,1H3,(H2,24,29)(H,25,30). The minimum atomic E-state index is -0.574. The molecule has 1 aliphatic carbocycles. The fourth-order valence-corrected chi connectivity index (χ4v) is 5.10. The molecule has 3 fully saturated rings. The summed E-state index contributed by atoms with van der Waals surface area (Å²) in [5.41, 5.74) is 6.00. The Balaban J connectivity index is 1.44. The average Bonchev–Trinajstić information content (AvgIpc) is 3.49. The summed E-state index contributed by atoms with van der Waals surface area (Å²) in [5, 5.41) is 3.07. The van der Waals surface area contributed by atoms with Gasteiger partial charge in [0.2, 0.25) is 17.7 Å². The van der Waals surface area contributed by atoms with E-state index < -0.39 is 5.91 Å². The van der Waals surface area contributed by atoms with E-state index in [2.05, 4.69) is 5.32 Å². The first kappa shape index (κ1) is 21.3. The number of amides is 4. The van der Waals surface area contributed by atoms with Crippen LogP contribution in [0.4, 0.5) is 0 Å². The van der Waals surface area contributed by atoms with Crippen LogP contribution < -0.4 is 11.1 Å². The summed E-state index contributed by atoms with van der Waals surface area (Å²) in [7, 11) is 0. The first-order valence-electron chi connectivity index (χ1n) is 11.2. The molecule has 4 amide bonds. The molecule has 0 bridgehead atoms. The Morgan fingerprint density at radius 2 is 1.94 bits per heavy atom. The van der Waals surface area contributed by atoms with Gasteiger partial charge in [-0.2, -0.15) is 0 Å². The zero-order valence-corrected chi connectivity index (χ0v) is 17.9. The van der Waals surface area contributed by atoms with E-state index in [-0.39, 0.29) is 41.6 Å². The molecule has 3 aliphatic rings. The lowest BCUT2D eigenvalue weighted by molar-refractivity contribution is -0.143. The molecule has 0 radical (unpaired) electrons. The molecule has 4 unspecified atom stereocenters. The summed E-state index contributed by atoms with van der Waals surface area (Å²) in [6.45, 7) is 3.74. The number of rotatable bonds is 5. The van der Waals surface area contributed by atoms with Crippen molar-refractivity contribution in [2.24, 2.45) is 17.6 Å². The fraction of sp³-hybridized carbons (Fsp3) is 0.565. The SMILES string of the molecule is CCN1CC(C(=O)N2CCCCC3C(NC(=O)c4cccc(C(N)=O)c4)C32)CCC1=O. The van der Waals surface area contributed by atoms with Gasteiger partial charge in [0.1, 0.15) is 0 Å². The molecule has 8 heteroatoms. The maximum absolute atomic E-state index is 13.4. The van der Waals surface area contributed by atoms with Crippen LogP contribution in [0.5, 0.6) is 0 Å². The third-order valence-corrected chi connectivity index (χ3v) is 6.89. The number of likely N-dealkylation sites (tertiary alicyclic amines) is 2. The maximum atomic E-state index is 13.4. The van der Waals surface area contributed by atoms with Crippen molar-refractivity contribution >= 4 is 23.6 Å². The van der Waals surface area contributed by atoms with Crippen molar-refractivity contribution in [1.29, 1.82) is 0 Å². The number of carbonyl (C=O) groups is 4. The van der Waals surface area contributed by atoms with Crippen LogP contribution in [0.3, 0.4) is 0 Å². The number of hydrogen-bond acceptors (Lipinski definition) is 4. The lowest BCUT2D eigenvalue weighted by Gasteiger charge is -2.34. The van der Waals surface area contributed by atoms with E-state index >= 15 is 0 Å². The highest BCUT2D eigenvalue weighted by Gasteiger charge is 2.56. The summed E-state index contributed by atoms with van der Waals surface area (Å²) in [6.07, 6.45) is 3.98. The van der Waals surface area contributed by atoms with E-state index in [1.807, 2.05) is 11.8 Å². The Hall–Kier alpha value is -2.90. The van der Waals surface area contributed by atoms with Crippen LogP contribution in [-0.4, -0.2) is 65.1 Å². The molecular weight excluding hydrogens is 396 g/mol. The first-order valence-corrected chi connectivity index (χ1v) is 11.2. The average molecular weight is 427 g/mol. The van der Waals surface area contributed by atoms with E-state index in [0.717, 1.165) is 19.3 Å². The number of nitrogens with one attached hydrogen (secondary N) is 1. The predicted molar refractivity (Wildman–Crippen MR) is 114 cm³/mol. The summed E-state index contributed by atoms with van der Waals surface area (Å²) >= 11 is 0. The Morgan fingerprint density at radius 1 is 1.16 bits per heavy atom. The topological polar surface area (TPSA) is 113 Å². The summed E-state index contributed by atoms with van der Waals surface area (Å²) < 4.78 is 0. The van der Waals surface area contributed by atoms with E-state index in [0.29, 0.717) is 43.6 Å². The highest BCUT2D eigenvalue weighted by atomic mass is 16.2. The third-order valence-electron chi connectivity index (χ3n) is 6.89. The monoisotopic (exact) mass is 426 g/mol. The van der Waals surface area contributed by atoms with Gasteiger partial charge in [-0.25, -0.2) is 0 Å². The molecule has 4 rings (SSSR count). The van der Waals surface area contributed by atoms with Gasteiger partial charge in [0.05, 0.1) is 18.0 Å². The second kappa shape index (κ2) is 8.69. The van der Waals surface area contributed by atoms with Gasteiger partial charge in [0.25, 0.3) is 5.91 Å². The summed E-state index contributed by atoms with van der Waals surface area (Å²) in [6, 6.07) is 6.29. The van der Waals surface area contributed by atoms with Crippen LogP contribution in [0, 0.1) is 11.8 Å². The summed E-state index contributed by atoms with van der Waals surface area (Å²) in [5.74, 6) is -0.516. The Labute approximate surface area is 182 Å². The number of nitrogens with zero attached hydrogens (tertiary/aromatic N) is 2. The first-order chi connectivity index (χ1) is 14.9. The van der Waals surface area contributed by atoms with Gasteiger partial charge in [-0.15, -0.1) is 0 Å². The van der Waals surface area contributed by atoms with Crippen LogP contribution in [0.1, 0.15) is 59.7 Å². The maximum Gasteiger partial charge on any atom is 0.251 e. The highest BCUT2D eigenvalue weighted by Crippen LogP contribution is 2.43. The number of benzene rings is 1. The van der Waals surface area contributed by atoms with E-state index in [9.17, 15) is 19.2 Å². The summed E-state index contributed by atoms with van der Waals surface area (Å²) in [4.78, 5) is 53.3. The quantitative estimate of drug-likeness (QED) is 0.735. The lowest BCUT2D eigenvalue weighted by atomic mass is 9.95. The van der Waals surface area contributed by atoms with E-state index in [4.69, 9.17) is 5.73 Å². The van der Waals surface area contributed by atoms with Crippen molar-refractivity contribution in [2.75, 3.05) is 19.6 Å². The molecule has 8 nitrogen and oxygen atoms in total. The van der Waals surface area contributed by atoms with Crippen LogP contribution >= 0.6 is 0 Å². The molecule has 2 saturated heterocycles. The number of fused-ring (bicyclic) bond motifs is 1. The van der Waals surface area contributed by atoms with E-state index in [1.54, 1.807) is 23.1 Å². The van der Waals surface area contributed by atoms with E-state index in [1.165, 1.54) is 6.07 Å². The van der Waals surface area contributed by atoms with Crippen LogP contribution in [0.25, 0.3) is 0 Å². The van der Waals surface area contributed by atoms with Crippen molar-refractivity contribution in [3.63, 3.8) is 0 Å². The molecule has 31 heavy (non-hydrogen) atoms. The van der Waals surface area contributed by atoms with Crippen molar-refractivity contribution in [1.82, 2.24) is 15.1 Å². The second-order valence-corrected chi connectivity index (χ2v) is 8.79. The molecule has 1 aromatic rings. The molecule has 4 atom stereocenters. The number of piperidine rings is 1. The van der Waals surface area contributed by atoms with Gasteiger partial charge in [-0.3, -0.25) is 19.2 Å². The Kier molecular flexibility index (Phi) is 5.98. The normalized spacial score (nSPS) is 27.8. The predicted octanol–water partition coefficient (Wildman–Crippen LogP) is 1.15. The molecule has 1 aromatic carbocycles. The smallest absolute Gasteiger partial charge is 0.251 e. The number of carbonyl (C=O) groups excluding carboxylic acids is 4. The van der Waals surface area contributed by atoms with Crippen LogP contribution in [0.15, 0.2) is 24.3 Å². The Bertz CT molecular complexity index is 901. The van der Waals surface area contributed by atoms with Gasteiger partial charge in [-0.05, 0) is 44.4 Å². The minimum Gasteiger partial charge on any atom is -0.366 e. The number of hydrogen-bond donors (Lipinski definition) is 2. The van der Waals surface area contributed by atoms with Gasteiger partial charge in [-0.1, -0.05) is 12.5 Å². The second-order valence-electron chi connectivity index (χ2n) is 8.79. The fourth-order valence-electron chi connectivity index (χ4n) is 5.10. The molecular formula is C23H30N4O4. The van der Waals surface area contributed by atoms with Crippen molar-refractivity contribution in [3.05, 3.63) is 35.4 Å². The molecule has 2 aliphatic heterocycles. The van der Waals surface area contributed by atoms with Gasteiger partial charge >= 0.3 is 0 Å². The molecule has 0 aromatic heterocycles. The zero-order valence-electron chi connectivity index (χ0n) is 17.9. The van der Waals surface area contributed by atoms with Gasteiger partial charge < -0.3 is 20.9 Å². The third kappa shape index (κ3) is 4.29. The van der Waals surface area contributed by atoms with Gasteiger partial charge in [0, 0.05) is 43.1 Å². The minimum absolute atomic E-state index is 0.00553. The zero-order chi connectivity index (χ0) is 22.1. The highest BCUT2D eigenvalue weighted by molar-refractivity contribution is 5.99. The van der Waals surface area contributed by atoms with Crippen molar-refractivity contribution in [2.45, 2.75) is 51.1 Å². The molecule has 3 N–H and O–H groups in total. The lowest BCUT2D eigenvalue weighted by Crippen LogP contribution is -2.48. The van der Waals surface area contributed by atoms with Crippen molar-refractivity contribution in [3.8, 4) is 0 Å². The largest absolute Gasteiger partial charge is 0.366 e.